The smallest absolute Gasteiger partial charge is 0.416 e. The van der Waals surface area contributed by atoms with Gasteiger partial charge in [-0.2, -0.15) is 8.78 Å². The van der Waals surface area contributed by atoms with Crippen LogP contribution in [-0.2, 0) is 65.8 Å². The lowest BCUT2D eigenvalue weighted by Gasteiger charge is -2.51. The van der Waals surface area contributed by atoms with Gasteiger partial charge in [0.05, 0.1) is 0 Å². The third-order valence-electron chi connectivity index (χ3n) is 8.67. The second-order valence-corrected chi connectivity index (χ2v) is 35.9. The van der Waals surface area contributed by atoms with Crippen LogP contribution in [0.3, 0.4) is 0 Å². The summed E-state index contributed by atoms with van der Waals surface area (Å²) in [5, 5.41) is 0. The summed E-state index contributed by atoms with van der Waals surface area (Å²) in [5.41, 5.74) is 0. The van der Waals surface area contributed by atoms with Gasteiger partial charge in [0, 0.05) is 95.8 Å². The Morgan fingerprint density at radius 1 is 0.469 bits per heavy atom. The maximum Gasteiger partial charge on any atom is 0.500 e. The molecule has 0 N–H and O–H groups in total. The van der Waals surface area contributed by atoms with Crippen molar-refractivity contribution in [2.75, 3.05) is 84.3 Å². The maximum atomic E-state index is 13.6. The minimum atomic E-state index is -3.38. The first-order valence-corrected chi connectivity index (χ1v) is 31.9. The van der Waals surface area contributed by atoms with Crippen LogP contribution in [0.4, 0.5) is 8.78 Å². The minimum Gasteiger partial charge on any atom is -0.416 e. The number of alkyl halides is 2. The second kappa shape index (κ2) is 20.5. The zero-order chi connectivity index (χ0) is 37.7. The van der Waals surface area contributed by atoms with Crippen LogP contribution in [0.1, 0.15) is 6.42 Å². The SMILES string of the molecule is COC(F)(F)COCCC[Si]1(C)O[Si](C)(CC[Si](OC)(OC)OC)O[Si](C)(CC[Si](OC)(OC)OC)O[Si](C)(CC[Si](OC)(OC)OC)O1. The van der Waals surface area contributed by atoms with E-state index in [1.54, 1.807) is 64.0 Å². The van der Waals surface area contributed by atoms with Gasteiger partial charge in [-0.1, -0.05) is 0 Å². The molecule has 0 radical (unpaired) electrons. The highest BCUT2D eigenvalue weighted by atomic mass is 28.5. The summed E-state index contributed by atoms with van der Waals surface area (Å²) in [5.74, 6) is 0. The summed E-state index contributed by atoms with van der Waals surface area (Å²) in [6.07, 6.45) is -2.98. The predicted octanol–water partition coefficient (Wildman–Crippen LogP) is 4.63. The molecule has 49 heavy (non-hydrogen) atoms. The first-order valence-electron chi connectivity index (χ1n) is 16.0. The summed E-state index contributed by atoms with van der Waals surface area (Å²) in [4.78, 5) is 0. The fraction of sp³-hybridized carbons (Fsp3) is 1.00. The van der Waals surface area contributed by atoms with Gasteiger partial charge < -0.3 is 65.8 Å². The third kappa shape index (κ3) is 14.5. The molecule has 0 bridgehead atoms. The lowest BCUT2D eigenvalue weighted by molar-refractivity contribution is -0.249. The monoisotopic (exact) mass is 836 g/mol. The van der Waals surface area contributed by atoms with Crippen LogP contribution in [0.25, 0.3) is 0 Å². The van der Waals surface area contributed by atoms with Crippen molar-refractivity contribution in [1.29, 1.82) is 0 Å². The lowest BCUT2D eigenvalue weighted by Crippen LogP contribution is -2.68. The van der Waals surface area contributed by atoms with Crippen LogP contribution < -0.4 is 0 Å². The molecule has 15 nitrogen and oxygen atoms in total. The molecule has 0 saturated carbocycles. The average Bonchev–Trinajstić information content (AvgIpc) is 3.06. The molecule has 24 heteroatoms. The van der Waals surface area contributed by atoms with Gasteiger partial charge in [-0.25, -0.2) is 0 Å². The van der Waals surface area contributed by atoms with Crippen LogP contribution >= 0.6 is 0 Å². The van der Waals surface area contributed by atoms with E-state index in [1.165, 1.54) is 0 Å². The number of hydrogen-bond acceptors (Lipinski definition) is 15. The molecule has 0 aromatic rings. The highest BCUT2D eigenvalue weighted by molar-refractivity contribution is 6.94. The maximum absolute atomic E-state index is 13.6. The Hall–Kier alpha value is 0.778. The molecule has 1 saturated heterocycles. The summed E-state index contributed by atoms with van der Waals surface area (Å²) in [6.45, 7) is 7.14. The first-order chi connectivity index (χ1) is 22.8. The summed E-state index contributed by atoms with van der Waals surface area (Å²) in [6, 6.07) is 3.09. The molecular formula is C25H62F2O15Si7. The highest BCUT2D eigenvalue weighted by Gasteiger charge is 2.59. The van der Waals surface area contributed by atoms with E-state index < -0.39 is 73.4 Å². The summed E-state index contributed by atoms with van der Waals surface area (Å²) < 4.78 is 117. The van der Waals surface area contributed by atoms with Crippen molar-refractivity contribution in [2.45, 2.75) is 81.0 Å². The predicted molar refractivity (Wildman–Crippen MR) is 192 cm³/mol. The van der Waals surface area contributed by atoms with E-state index in [0.717, 1.165) is 7.11 Å². The van der Waals surface area contributed by atoms with Crippen LogP contribution in [0, 0.1) is 0 Å². The van der Waals surface area contributed by atoms with Gasteiger partial charge in [-0.05, 0) is 56.8 Å². The molecule has 0 spiro atoms. The molecule has 2 unspecified atom stereocenters. The third-order valence-corrected chi connectivity index (χ3v) is 36.9. The van der Waals surface area contributed by atoms with Crippen molar-refractivity contribution in [3.05, 3.63) is 0 Å². The zero-order valence-electron chi connectivity index (χ0n) is 32.0. The van der Waals surface area contributed by atoms with Crippen LogP contribution in [0.5, 0.6) is 0 Å². The molecule has 0 amide bonds. The van der Waals surface area contributed by atoms with E-state index in [4.69, 9.17) is 61.0 Å². The molecule has 294 valence electrons. The number of halogens is 2. The molecule has 1 fully saturated rings. The average molecular weight is 837 g/mol. The molecular weight excluding hydrogens is 775 g/mol. The van der Waals surface area contributed by atoms with Crippen LogP contribution in [0.2, 0.25) is 68.5 Å². The molecule has 1 aliphatic heterocycles. The standard InChI is InChI=1S/C25H62F2O15Si7/c1-28-25(26,27)24-38-16-15-17-43(11)39-44(12,18-21-47(29-2,30-3)31-4)41-46(14,20-23-49(35-8,36-9)37-10)42-45(13,40-43)19-22-48(32-5,33-6)34-7/h15-24H2,1-14H3. The summed E-state index contributed by atoms with van der Waals surface area (Å²) >= 11 is 0. The number of ether oxygens (including phenoxy) is 2. The Bertz CT molecular complexity index is 890. The van der Waals surface area contributed by atoms with Crippen molar-refractivity contribution in [3.8, 4) is 0 Å². The fourth-order valence-electron chi connectivity index (χ4n) is 5.87. The quantitative estimate of drug-likeness (QED) is 0.0933. The number of rotatable bonds is 25. The van der Waals surface area contributed by atoms with Gasteiger partial charge in [0.1, 0.15) is 6.61 Å². The van der Waals surface area contributed by atoms with Gasteiger partial charge in [0.25, 0.3) is 0 Å². The zero-order valence-corrected chi connectivity index (χ0v) is 39.0. The second-order valence-electron chi connectivity index (χ2n) is 12.3. The Balaban J connectivity index is 3.64. The normalized spacial score (nSPS) is 27.7. The number of methoxy groups -OCH3 is 1. The highest BCUT2D eigenvalue weighted by Crippen LogP contribution is 2.41. The van der Waals surface area contributed by atoms with E-state index in [2.05, 4.69) is 4.74 Å². The Kier molecular flexibility index (Phi) is 20.0. The van der Waals surface area contributed by atoms with Gasteiger partial charge >= 0.3 is 66.8 Å². The fourth-order valence-corrected chi connectivity index (χ4v) is 39.2. The van der Waals surface area contributed by atoms with Crippen molar-refractivity contribution >= 4 is 60.7 Å². The molecule has 0 aromatic heterocycles. The van der Waals surface area contributed by atoms with E-state index in [1.807, 2.05) is 26.2 Å². The van der Waals surface area contributed by atoms with Crippen molar-refractivity contribution < 1.29 is 74.5 Å². The van der Waals surface area contributed by atoms with Crippen molar-refractivity contribution in [1.82, 2.24) is 0 Å². The van der Waals surface area contributed by atoms with E-state index >= 15 is 0 Å². The molecule has 1 rings (SSSR count). The Labute approximate surface area is 299 Å². The van der Waals surface area contributed by atoms with E-state index in [0.29, 0.717) is 48.7 Å². The summed E-state index contributed by atoms with van der Waals surface area (Å²) in [7, 11) is -6.80. The lowest BCUT2D eigenvalue weighted by atomic mass is 10.5. The topological polar surface area (TPSA) is 138 Å². The number of hydrogen-bond donors (Lipinski definition) is 0. The molecule has 0 aromatic carbocycles. The van der Waals surface area contributed by atoms with Crippen molar-refractivity contribution in [2.24, 2.45) is 0 Å². The van der Waals surface area contributed by atoms with Gasteiger partial charge in [-0.15, -0.1) is 0 Å². The first kappa shape index (κ1) is 47.8. The molecule has 0 aliphatic carbocycles. The van der Waals surface area contributed by atoms with E-state index in [9.17, 15) is 8.78 Å². The van der Waals surface area contributed by atoms with Crippen LogP contribution in [-0.4, -0.2) is 151 Å². The van der Waals surface area contributed by atoms with E-state index in [-0.39, 0.29) is 6.61 Å². The largest absolute Gasteiger partial charge is 0.500 e. The van der Waals surface area contributed by atoms with Gasteiger partial charge in [0.15, 0.2) is 0 Å². The van der Waals surface area contributed by atoms with Gasteiger partial charge in [0.2, 0.25) is 0 Å². The molecule has 1 heterocycles. The Morgan fingerprint density at radius 3 is 0.980 bits per heavy atom. The minimum absolute atomic E-state index is 0.0524. The Morgan fingerprint density at radius 2 is 0.735 bits per heavy atom. The van der Waals surface area contributed by atoms with Crippen LogP contribution in [0.15, 0.2) is 0 Å². The van der Waals surface area contributed by atoms with Crippen molar-refractivity contribution in [3.63, 3.8) is 0 Å². The van der Waals surface area contributed by atoms with Gasteiger partial charge in [-0.3, -0.25) is 0 Å². The molecule has 1 aliphatic rings. The molecule has 2 atom stereocenters.